The molecule has 1 fully saturated rings. The number of hydrogen-bond acceptors (Lipinski definition) is 3. The Morgan fingerprint density at radius 1 is 1.25 bits per heavy atom. The fourth-order valence-corrected chi connectivity index (χ4v) is 2.35. The summed E-state index contributed by atoms with van der Waals surface area (Å²) in [6.07, 6.45) is 0. The van der Waals surface area contributed by atoms with E-state index in [1.165, 1.54) is 7.11 Å². The Balaban J connectivity index is 0.00000200. The first-order chi connectivity index (χ1) is 9.17. The molecule has 2 rings (SSSR count). The quantitative estimate of drug-likeness (QED) is 0.923. The molecule has 0 amide bonds. The summed E-state index contributed by atoms with van der Waals surface area (Å²) >= 11 is 0. The van der Waals surface area contributed by atoms with Crippen LogP contribution < -0.4 is 10.1 Å². The average Bonchev–Trinajstić information content (AvgIpc) is 2.43. The Kier molecular flexibility index (Phi) is 6.58. The Hall–Kier alpha value is -0.980. The third-order valence-corrected chi connectivity index (χ3v) is 3.36. The van der Waals surface area contributed by atoms with Gasteiger partial charge in [-0.3, -0.25) is 4.90 Å². The van der Waals surface area contributed by atoms with Gasteiger partial charge in [-0.15, -0.1) is 12.4 Å². The fourth-order valence-electron chi connectivity index (χ4n) is 2.35. The van der Waals surface area contributed by atoms with Crippen molar-refractivity contribution in [3.8, 4) is 5.75 Å². The predicted octanol–water partition coefficient (Wildman–Crippen LogP) is 2.31. The zero-order valence-electron chi connectivity index (χ0n) is 11.2. The van der Waals surface area contributed by atoms with Crippen LogP contribution >= 0.6 is 12.4 Å². The molecule has 1 atom stereocenters. The summed E-state index contributed by atoms with van der Waals surface area (Å²) in [5.74, 6) is -1.44. The lowest BCUT2D eigenvalue weighted by Gasteiger charge is -2.33. The molecule has 0 unspecified atom stereocenters. The molecule has 1 aliphatic heterocycles. The van der Waals surface area contributed by atoms with E-state index in [1.807, 2.05) is 0 Å². The molecule has 0 bridgehead atoms. The molecule has 1 saturated heterocycles. The topological polar surface area (TPSA) is 24.5 Å². The minimum atomic E-state index is -0.881. The number of halogens is 4. The molecule has 114 valence electrons. The molecular weight excluding hydrogens is 293 g/mol. The minimum Gasteiger partial charge on any atom is -0.497 e. The molecule has 0 aliphatic carbocycles. The number of nitrogens with zero attached hydrogens (tertiary/aromatic N) is 1. The van der Waals surface area contributed by atoms with Gasteiger partial charge in [0.05, 0.1) is 13.2 Å². The number of ether oxygens (including phenoxy) is 1. The predicted molar refractivity (Wildman–Crippen MR) is 73.3 cm³/mol. The summed E-state index contributed by atoms with van der Waals surface area (Å²) in [7, 11) is 1.33. The van der Waals surface area contributed by atoms with Gasteiger partial charge in [0.1, 0.15) is 24.1 Å². The molecule has 20 heavy (non-hydrogen) atoms. The molecule has 1 heterocycles. The maximum Gasteiger partial charge on any atom is 0.134 e. The second kappa shape index (κ2) is 7.71. The van der Waals surface area contributed by atoms with E-state index in [-0.39, 0.29) is 23.7 Å². The maximum absolute atomic E-state index is 14.0. The Morgan fingerprint density at radius 2 is 1.80 bits per heavy atom. The van der Waals surface area contributed by atoms with E-state index >= 15 is 0 Å². The molecule has 0 aromatic heterocycles. The maximum atomic E-state index is 14.0. The normalized spacial score (nSPS) is 17.4. The van der Waals surface area contributed by atoms with Crippen molar-refractivity contribution in [2.24, 2.45) is 0 Å². The highest BCUT2D eigenvalue weighted by Crippen LogP contribution is 2.30. The van der Waals surface area contributed by atoms with Crippen LogP contribution in [-0.4, -0.2) is 44.9 Å². The second-order valence-electron chi connectivity index (χ2n) is 4.46. The highest BCUT2D eigenvalue weighted by Gasteiger charge is 2.28. The van der Waals surface area contributed by atoms with Crippen LogP contribution in [0.2, 0.25) is 0 Å². The lowest BCUT2D eigenvalue weighted by molar-refractivity contribution is 0.141. The van der Waals surface area contributed by atoms with Gasteiger partial charge in [-0.25, -0.2) is 13.2 Å². The third-order valence-electron chi connectivity index (χ3n) is 3.36. The fraction of sp³-hybridized carbons (Fsp3) is 0.538. The van der Waals surface area contributed by atoms with Crippen molar-refractivity contribution in [1.29, 1.82) is 0 Å². The van der Waals surface area contributed by atoms with E-state index in [0.717, 1.165) is 12.1 Å². The van der Waals surface area contributed by atoms with Crippen LogP contribution in [0.1, 0.15) is 11.6 Å². The van der Waals surface area contributed by atoms with Crippen LogP contribution in [0.15, 0.2) is 12.1 Å². The van der Waals surface area contributed by atoms with Crippen molar-refractivity contribution in [2.45, 2.75) is 6.04 Å². The van der Waals surface area contributed by atoms with Crippen molar-refractivity contribution in [1.82, 2.24) is 10.2 Å². The van der Waals surface area contributed by atoms with Crippen molar-refractivity contribution >= 4 is 12.4 Å². The average molecular weight is 311 g/mol. The lowest BCUT2D eigenvalue weighted by Crippen LogP contribution is -2.46. The molecule has 1 aromatic carbocycles. The first-order valence-electron chi connectivity index (χ1n) is 6.21. The van der Waals surface area contributed by atoms with E-state index in [2.05, 4.69) is 5.32 Å². The SMILES string of the molecule is COc1cc(F)c([C@@H](CF)N2CCNCC2)c(F)c1.Cl. The van der Waals surface area contributed by atoms with E-state index in [9.17, 15) is 13.2 Å². The molecule has 0 saturated carbocycles. The van der Waals surface area contributed by atoms with E-state index in [1.54, 1.807) is 4.90 Å². The van der Waals surface area contributed by atoms with Gasteiger partial charge in [0.15, 0.2) is 0 Å². The zero-order chi connectivity index (χ0) is 13.8. The summed E-state index contributed by atoms with van der Waals surface area (Å²) < 4.78 is 46.0. The number of nitrogens with one attached hydrogen (secondary N) is 1. The van der Waals surface area contributed by atoms with Crippen LogP contribution in [0.25, 0.3) is 0 Å². The number of rotatable bonds is 4. The summed E-state index contributed by atoms with van der Waals surface area (Å²) in [5, 5.41) is 3.12. The number of methoxy groups -OCH3 is 1. The van der Waals surface area contributed by atoms with E-state index in [0.29, 0.717) is 26.2 Å². The van der Waals surface area contributed by atoms with Crippen molar-refractivity contribution in [3.05, 3.63) is 29.3 Å². The zero-order valence-corrected chi connectivity index (χ0v) is 12.0. The summed E-state index contributed by atoms with van der Waals surface area (Å²) in [6.45, 7) is 1.70. The first kappa shape index (κ1) is 17.1. The van der Waals surface area contributed by atoms with Gasteiger partial charge in [-0.05, 0) is 0 Å². The molecule has 1 aromatic rings. The van der Waals surface area contributed by atoms with Gasteiger partial charge in [-0.2, -0.15) is 0 Å². The summed E-state index contributed by atoms with van der Waals surface area (Å²) in [5.41, 5.74) is -0.217. The molecule has 0 radical (unpaired) electrons. The summed E-state index contributed by atoms with van der Waals surface area (Å²) in [4.78, 5) is 1.75. The Morgan fingerprint density at radius 3 is 2.25 bits per heavy atom. The third kappa shape index (κ3) is 3.56. The molecule has 7 heteroatoms. The number of piperazine rings is 1. The molecule has 1 N–H and O–H groups in total. The number of alkyl halides is 1. The Bertz CT molecular complexity index is 419. The van der Waals surface area contributed by atoms with Crippen molar-refractivity contribution < 1.29 is 17.9 Å². The second-order valence-corrected chi connectivity index (χ2v) is 4.46. The minimum absolute atomic E-state index is 0. The standard InChI is InChI=1S/C13H17F3N2O.ClH/c1-19-9-6-10(15)13(11(16)7-9)12(8-14)18-4-2-17-3-5-18;/h6-7,12,17H,2-5,8H2,1H3;1H/t12-;/m1./s1. The van der Waals surface area contributed by atoms with Gasteiger partial charge in [-0.1, -0.05) is 0 Å². The van der Waals surface area contributed by atoms with Crippen LogP contribution in [0.5, 0.6) is 5.75 Å². The van der Waals surface area contributed by atoms with E-state index < -0.39 is 24.4 Å². The molecule has 0 spiro atoms. The van der Waals surface area contributed by atoms with Gasteiger partial charge in [0.25, 0.3) is 0 Å². The smallest absolute Gasteiger partial charge is 0.134 e. The van der Waals surface area contributed by atoms with Crippen molar-refractivity contribution in [2.75, 3.05) is 40.0 Å². The van der Waals surface area contributed by atoms with Crippen LogP contribution in [0.4, 0.5) is 13.2 Å². The molecular formula is C13H18ClF3N2O. The highest BCUT2D eigenvalue weighted by atomic mass is 35.5. The highest BCUT2D eigenvalue weighted by molar-refractivity contribution is 5.85. The monoisotopic (exact) mass is 310 g/mol. The Labute approximate surface area is 122 Å². The lowest BCUT2D eigenvalue weighted by atomic mass is 10.0. The van der Waals surface area contributed by atoms with Gasteiger partial charge in [0.2, 0.25) is 0 Å². The van der Waals surface area contributed by atoms with Crippen LogP contribution in [-0.2, 0) is 0 Å². The first-order valence-corrected chi connectivity index (χ1v) is 6.21. The van der Waals surface area contributed by atoms with Crippen LogP contribution in [0, 0.1) is 11.6 Å². The molecule has 1 aliphatic rings. The molecule has 3 nitrogen and oxygen atoms in total. The van der Waals surface area contributed by atoms with Crippen LogP contribution in [0.3, 0.4) is 0 Å². The van der Waals surface area contributed by atoms with Crippen molar-refractivity contribution in [3.63, 3.8) is 0 Å². The van der Waals surface area contributed by atoms with Gasteiger partial charge in [0, 0.05) is 43.9 Å². The largest absolute Gasteiger partial charge is 0.497 e. The van der Waals surface area contributed by atoms with Gasteiger partial charge < -0.3 is 10.1 Å². The van der Waals surface area contributed by atoms with E-state index in [4.69, 9.17) is 4.74 Å². The number of hydrogen-bond donors (Lipinski definition) is 1. The summed E-state index contributed by atoms with van der Waals surface area (Å²) in [6, 6.07) is 1.29. The number of benzene rings is 1. The van der Waals surface area contributed by atoms with Gasteiger partial charge >= 0.3 is 0 Å².